The predicted molar refractivity (Wildman–Crippen MR) is 87.3 cm³/mol. The van der Waals surface area contributed by atoms with Gasteiger partial charge in [-0.25, -0.2) is 8.42 Å². The van der Waals surface area contributed by atoms with E-state index in [9.17, 15) is 21.6 Å². The number of alkyl halides is 3. The number of unbranched alkanes of at least 4 members (excludes halogenated alkanes) is 1. The Morgan fingerprint density at radius 1 is 1.04 bits per heavy atom. The van der Waals surface area contributed by atoms with Crippen molar-refractivity contribution in [3.63, 3.8) is 0 Å². The van der Waals surface area contributed by atoms with E-state index in [2.05, 4.69) is 25.7 Å². The van der Waals surface area contributed by atoms with Gasteiger partial charge in [0, 0.05) is 18.0 Å². The van der Waals surface area contributed by atoms with Gasteiger partial charge in [0.15, 0.2) is 0 Å². The minimum absolute atomic E-state index is 0.0908. The molecule has 0 N–H and O–H groups in total. The van der Waals surface area contributed by atoms with Gasteiger partial charge in [0.25, 0.3) is 0 Å². The highest BCUT2D eigenvalue weighted by Crippen LogP contribution is 2.29. The summed E-state index contributed by atoms with van der Waals surface area (Å²) in [5.41, 5.74) is 0.0949. The second-order valence-corrected chi connectivity index (χ2v) is 9.83. The third-order valence-corrected chi connectivity index (χ3v) is 6.22. The first kappa shape index (κ1) is 20.7. The van der Waals surface area contributed by atoms with Crippen LogP contribution in [-0.4, -0.2) is 49.1 Å². The van der Waals surface area contributed by atoms with Crippen molar-refractivity contribution in [1.29, 1.82) is 0 Å². The summed E-state index contributed by atoms with van der Waals surface area (Å²) in [6.45, 7) is 7.56. The molecular weight excluding hydrogens is 327 g/mol. The van der Waals surface area contributed by atoms with Gasteiger partial charge < -0.3 is 0 Å². The predicted octanol–water partition coefficient (Wildman–Crippen LogP) is 4.18. The number of halogens is 3. The maximum absolute atomic E-state index is 12.0. The van der Waals surface area contributed by atoms with Crippen molar-refractivity contribution in [3.8, 4) is 0 Å². The Balaban J connectivity index is 2.28. The Labute approximate surface area is 138 Å². The fourth-order valence-corrected chi connectivity index (χ4v) is 4.76. The summed E-state index contributed by atoms with van der Waals surface area (Å²) in [6, 6.07) is 0.426. The summed E-state index contributed by atoms with van der Waals surface area (Å²) in [5.74, 6) is -0.0375. The first-order chi connectivity index (χ1) is 10.4. The van der Waals surface area contributed by atoms with Gasteiger partial charge in [0.2, 0.25) is 0 Å². The number of sulfone groups is 1. The van der Waals surface area contributed by atoms with Crippen LogP contribution in [0.3, 0.4) is 0 Å². The number of rotatable bonds is 8. The first-order valence-electron chi connectivity index (χ1n) is 8.45. The molecule has 1 saturated heterocycles. The van der Waals surface area contributed by atoms with Crippen LogP contribution in [0.1, 0.15) is 65.7 Å². The molecule has 0 unspecified atom stereocenters. The number of hydrogen-bond acceptors (Lipinski definition) is 3. The van der Waals surface area contributed by atoms with E-state index in [4.69, 9.17) is 0 Å². The molecule has 1 rings (SSSR count). The Morgan fingerprint density at radius 2 is 1.65 bits per heavy atom. The molecule has 0 aromatic rings. The minimum Gasteiger partial charge on any atom is -0.296 e. The zero-order valence-electron chi connectivity index (χ0n) is 14.5. The van der Waals surface area contributed by atoms with Crippen molar-refractivity contribution >= 4 is 9.84 Å². The van der Waals surface area contributed by atoms with Crippen molar-refractivity contribution in [2.75, 3.05) is 18.1 Å². The van der Waals surface area contributed by atoms with Crippen molar-refractivity contribution in [3.05, 3.63) is 0 Å². The molecule has 0 aromatic carbocycles. The molecule has 3 nitrogen and oxygen atoms in total. The van der Waals surface area contributed by atoms with E-state index < -0.39 is 22.4 Å². The van der Waals surface area contributed by atoms with Crippen LogP contribution in [0.2, 0.25) is 0 Å². The first-order valence-corrected chi connectivity index (χ1v) is 10.3. The molecule has 0 saturated carbocycles. The van der Waals surface area contributed by atoms with Gasteiger partial charge in [0.1, 0.15) is 9.84 Å². The fourth-order valence-electron chi connectivity index (χ4n) is 3.31. The summed E-state index contributed by atoms with van der Waals surface area (Å²) in [5, 5.41) is 0. The van der Waals surface area contributed by atoms with Crippen molar-refractivity contribution in [2.24, 2.45) is 0 Å². The van der Waals surface area contributed by atoms with Crippen LogP contribution in [-0.2, 0) is 9.84 Å². The second-order valence-electron chi connectivity index (χ2n) is 7.53. The van der Waals surface area contributed by atoms with Gasteiger partial charge >= 0.3 is 6.18 Å². The van der Waals surface area contributed by atoms with Crippen molar-refractivity contribution in [2.45, 2.75) is 83.5 Å². The topological polar surface area (TPSA) is 37.4 Å². The third-order valence-electron chi connectivity index (χ3n) is 4.40. The van der Waals surface area contributed by atoms with Gasteiger partial charge in [-0.1, -0.05) is 0 Å². The van der Waals surface area contributed by atoms with E-state index in [0.29, 0.717) is 12.5 Å². The van der Waals surface area contributed by atoms with Gasteiger partial charge in [0.05, 0.1) is 11.5 Å². The molecule has 1 heterocycles. The lowest BCUT2D eigenvalue weighted by atomic mass is 10.0. The molecule has 0 bridgehead atoms. The summed E-state index contributed by atoms with van der Waals surface area (Å²) in [4.78, 5) is 2.43. The molecular formula is C16H30F3NO2S. The van der Waals surface area contributed by atoms with Crippen LogP contribution in [0.15, 0.2) is 0 Å². The largest absolute Gasteiger partial charge is 0.389 e. The standard InChI is InChI=1S/C16H30F3NO2S/c1-15(2,3)20-11-6-8-14(20)9-7-13-23(21,22)12-5-4-10-16(17,18)19/h14H,4-13H2,1-3H3/t14-/m0/s1. The molecule has 23 heavy (non-hydrogen) atoms. The van der Waals surface area contributed by atoms with Gasteiger partial charge in [-0.2, -0.15) is 13.2 Å². The number of hydrogen-bond donors (Lipinski definition) is 0. The highest BCUT2D eigenvalue weighted by molar-refractivity contribution is 7.91. The van der Waals surface area contributed by atoms with Crippen LogP contribution in [0.5, 0.6) is 0 Å². The van der Waals surface area contributed by atoms with Crippen LogP contribution in [0.25, 0.3) is 0 Å². The molecule has 0 amide bonds. The zero-order valence-corrected chi connectivity index (χ0v) is 15.3. The summed E-state index contributed by atoms with van der Waals surface area (Å²) >= 11 is 0. The SMILES string of the molecule is CC(C)(C)N1CCC[C@H]1CCCS(=O)(=O)CCCCC(F)(F)F. The highest BCUT2D eigenvalue weighted by atomic mass is 32.2. The lowest BCUT2D eigenvalue weighted by molar-refractivity contribution is -0.135. The zero-order chi connectivity index (χ0) is 17.7. The lowest BCUT2D eigenvalue weighted by Crippen LogP contribution is -2.44. The molecule has 0 aliphatic carbocycles. The smallest absolute Gasteiger partial charge is 0.296 e. The van der Waals surface area contributed by atoms with Crippen molar-refractivity contribution < 1.29 is 21.6 Å². The van der Waals surface area contributed by atoms with E-state index >= 15 is 0 Å². The van der Waals surface area contributed by atoms with E-state index in [1.807, 2.05) is 0 Å². The number of nitrogens with zero attached hydrogens (tertiary/aromatic N) is 1. The monoisotopic (exact) mass is 357 g/mol. The Hall–Kier alpha value is -0.300. The van der Waals surface area contributed by atoms with E-state index in [0.717, 1.165) is 25.8 Å². The maximum Gasteiger partial charge on any atom is 0.389 e. The molecule has 7 heteroatoms. The fraction of sp³-hybridized carbons (Fsp3) is 1.00. The quantitative estimate of drug-likeness (QED) is 0.612. The molecule has 1 atom stereocenters. The molecule has 138 valence electrons. The summed E-state index contributed by atoms with van der Waals surface area (Å²) in [6.07, 6.45) is -1.41. The van der Waals surface area contributed by atoms with Crippen LogP contribution < -0.4 is 0 Å². The maximum atomic E-state index is 12.0. The van der Waals surface area contributed by atoms with E-state index in [1.165, 1.54) is 0 Å². The molecule has 1 fully saturated rings. The molecule has 0 aromatic heterocycles. The Kier molecular flexibility index (Phi) is 7.38. The van der Waals surface area contributed by atoms with Crippen LogP contribution >= 0.6 is 0 Å². The van der Waals surface area contributed by atoms with E-state index in [1.54, 1.807) is 0 Å². The van der Waals surface area contributed by atoms with Crippen LogP contribution in [0.4, 0.5) is 13.2 Å². The molecule has 1 aliphatic rings. The third kappa shape index (κ3) is 8.38. The van der Waals surface area contributed by atoms with Crippen LogP contribution in [0, 0.1) is 0 Å². The van der Waals surface area contributed by atoms with Gasteiger partial charge in [-0.3, -0.25) is 4.90 Å². The average Bonchev–Trinajstić information content (AvgIpc) is 2.82. The van der Waals surface area contributed by atoms with E-state index in [-0.39, 0.29) is 29.9 Å². The summed E-state index contributed by atoms with van der Waals surface area (Å²) in [7, 11) is -3.23. The average molecular weight is 357 g/mol. The Morgan fingerprint density at radius 3 is 2.22 bits per heavy atom. The minimum atomic E-state index is -4.19. The van der Waals surface area contributed by atoms with Crippen molar-refractivity contribution in [1.82, 2.24) is 4.90 Å². The summed E-state index contributed by atoms with van der Waals surface area (Å²) < 4.78 is 59.9. The normalized spacial score (nSPS) is 21.0. The lowest BCUT2D eigenvalue weighted by Gasteiger charge is -2.37. The second kappa shape index (κ2) is 8.19. The Bertz CT molecular complexity index is 455. The number of likely N-dealkylation sites (tertiary alicyclic amines) is 1. The highest BCUT2D eigenvalue weighted by Gasteiger charge is 2.32. The van der Waals surface area contributed by atoms with Gasteiger partial charge in [-0.05, 0) is 65.8 Å². The molecule has 1 aliphatic heterocycles. The van der Waals surface area contributed by atoms with Gasteiger partial charge in [-0.15, -0.1) is 0 Å². The molecule has 0 radical (unpaired) electrons. The molecule has 0 spiro atoms.